The summed E-state index contributed by atoms with van der Waals surface area (Å²) < 4.78 is 0. The molecule has 0 aliphatic rings. The lowest BCUT2D eigenvalue weighted by molar-refractivity contribution is 0.0920. The normalized spacial score (nSPS) is 11.0. The van der Waals surface area contributed by atoms with Gasteiger partial charge in [0.05, 0.1) is 11.3 Å². The average Bonchev–Trinajstić information content (AvgIpc) is 2.45. The minimum atomic E-state index is -0.345. The first-order chi connectivity index (χ1) is 11.2. The van der Waals surface area contributed by atoms with Gasteiger partial charge in [0.2, 0.25) is 0 Å². The highest BCUT2D eigenvalue weighted by molar-refractivity contribution is 6.09. The Morgan fingerprint density at radius 2 is 1.54 bits per heavy atom. The Morgan fingerprint density at radius 3 is 2.17 bits per heavy atom. The van der Waals surface area contributed by atoms with Crippen molar-refractivity contribution in [1.29, 1.82) is 0 Å². The smallest absolute Gasteiger partial charge is 0.255 e. The number of amides is 2. The van der Waals surface area contributed by atoms with Crippen LogP contribution in [0.25, 0.3) is 0 Å². The van der Waals surface area contributed by atoms with E-state index in [1.807, 2.05) is 46.8 Å². The molecule has 24 heavy (non-hydrogen) atoms. The Bertz CT molecular complexity index is 773. The van der Waals surface area contributed by atoms with Gasteiger partial charge in [-0.25, -0.2) is 0 Å². The molecule has 0 fully saturated rings. The summed E-state index contributed by atoms with van der Waals surface area (Å²) in [4.78, 5) is 25.0. The molecule has 2 rings (SSSR count). The predicted molar refractivity (Wildman–Crippen MR) is 97.5 cm³/mol. The maximum Gasteiger partial charge on any atom is 0.255 e. The van der Waals surface area contributed by atoms with Crippen LogP contribution in [0.5, 0.6) is 0 Å². The molecule has 126 valence electrons. The number of benzene rings is 2. The lowest BCUT2D eigenvalue weighted by Gasteiger charge is -2.21. The summed E-state index contributed by atoms with van der Waals surface area (Å²) in [6, 6.07) is 12.7. The Kier molecular flexibility index (Phi) is 5.07. The van der Waals surface area contributed by atoms with E-state index in [0.717, 1.165) is 11.1 Å². The van der Waals surface area contributed by atoms with E-state index in [2.05, 4.69) is 10.6 Å². The Hall–Kier alpha value is -2.62. The molecule has 0 radical (unpaired) electrons. The van der Waals surface area contributed by atoms with Gasteiger partial charge in [0.15, 0.2) is 0 Å². The zero-order valence-corrected chi connectivity index (χ0v) is 14.9. The van der Waals surface area contributed by atoms with Crippen LogP contribution in [0.4, 0.5) is 5.69 Å². The zero-order chi connectivity index (χ0) is 17.9. The van der Waals surface area contributed by atoms with Gasteiger partial charge in [0.1, 0.15) is 0 Å². The lowest BCUT2D eigenvalue weighted by atomic mass is 10.0. The summed E-state index contributed by atoms with van der Waals surface area (Å²) >= 11 is 0. The van der Waals surface area contributed by atoms with Gasteiger partial charge in [-0.15, -0.1) is 0 Å². The minimum Gasteiger partial charge on any atom is -0.347 e. The van der Waals surface area contributed by atoms with Crippen LogP contribution < -0.4 is 10.6 Å². The molecule has 0 spiro atoms. The van der Waals surface area contributed by atoms with E-state index in [0.29, 0.717) is 16.8 Å². The second kappa shape index (κ2) is 6.87. The van der Waals surface area contributed by atoms with E-state index in [9.17, 15) is 9.59 Å². The van der Waals surface area contributed by atoms with E-state index in [1.165, 1.54) is 0 Å². The Labute approximate surface area is 143 Å². The van der Waals surface area contributed by atoms with E-state index in [1.54, 1.807) is 30.3 Å². The highest BCUT2D eigenvalue weighted by Gasteiger charge is 2.19. The highest BCUT2D eigenvalue weighted by Crippen LogP contribution is 2.19. The minimum absolute atomic E-state index is 0.209. The molecule has 0 aliphatic carbocycles. The van der Waals surface area contributed by atoms with E-state index in [4.69, 9.17) is 0 Å². The number of para-hydroxylation sites is 1. The van der Waals surface area contributed by atoms with Crippen molar-refractivity contribution >= 4 is 17.5 Å². The SMILES string of the molecule is Cc1ccc(C(=O)Nc2ccccc2C(=O)NC(C)(C)C)c(C)c1. The third-order valence-corrected chi connectivity index (χ3v) is 3.53. The molecule has 4 heteroatoms. The number of nitrogens with one attached hydrogen (secondary N) is 2. The van der Waals surface area contributed by atoms with E-state index < -0.39 is 0 Å². The molecular formula is C20H24N2O2. The topological polar surface area (TPSA) is 58.2 Å². The molecule has 2 aromatic carbocycles. The van der Waals surface area contributed by atoms with Crippen LogP contribution in [0.1, 0.15) is 52.6 Å². The van der Waals surface area contributed by atoms with E-state index in [-0.39, 0.29) is 17.4 Å². The number of carbonyl (C=O) groups is 2. The molecule has 2 amide bonds. The van der Waals surface area contributed by atoms with Crippen molar-refractivity contribution in [2.24, 2.45) is 0 Å². The van der Waals surface area contributed by atoms with Crippen molar-refractivity contribution < 1.29 is 9.59 Å². The zero-order valence-electron chi connectivity index (χ0n) is 14.9. The number of hydrogen-bond acceptors (Lipinski definition) is 2. The van der Waals surface area contributed by atoms with Gasteiger partial charge in [-0.2, -0.15) is 0 Å². The largest absolute Gasteiger partial charge is 0.347 e. The van der Waals surface area contributed by atoms with Crippen LogP contribution in [-0.2, 0) is 0 Å². The summed E-state index contributed by atoms with van der Waals surface area (Å²) in [5, 5.41) is 5.77. The quantitative estimate of drug-likeness (QED) is 0.893. The first-order valence-corrected chi connectivity index (χ1v) is 7.97. The maximum atomic E-state index is 12.6. The van der Waals surface area contributed by atoms with Crippen molar-refractivity contribution in [2.45, 2.75) is 40.2 Å². The molecule has 0 heterocycles. The monoisotopic (exact) mass is 324 g/mol. The van der Waals surface area contributed by atoms with Gasteiger partial charge in [-0.1, -0.05) is 29.8 Å². The number of hydrogen-bond donors (Lipinski definition) is 2. The third kappa shape index (κ3) is 4.44. The summed E-state index contributed by atoms with van der Waals surface area (Å²) in [5.41, 5.74) is 3.22. The van der Waals surface area contributed by atoms with E-state index >= 15 is 0 Å². The second-order valence-corrected chi connectivity index (χ2v) is 7.02. The molecule has 4 nitrogen and oxygen atoms in total. The fourth-order valence-corrected chi connectivity index (χ4v) is 2.46. The summed E-state index contributed by atoms with van der Waals surface area (Å²) in [5.74, 6) is -0.428. The molecule has 0 unspecified atom stereocenters. The van der Waals surface area contributed by atoms with Gasteiger partial charge in [0, 0.05) is 11.1 Å². The van der Waals surface area contributed by atoms with Crippen LogP contribution in [0.3, 0.4) is 0 Å². The van der Waals surface area contributed by atoms with Crippen LogP contribution in [0, 0.1) is 13.8 Å². The number of carbonyl (C=O) groups excluding carboxylic acids is 2. The Balaban J connectivity index is 2.27. The van der Waals surface area contributed by atoms with Crippen molar-refractivity contribution in [3.63, 3.8) is 0 Å². The van der Waals surface area contributed by atoms with Crippen LogP contribution in [-0.4, -0.2) is 17.4 Å². The van der Waals surface area contributed by atoms with Crippen molar-refractivity contribution in [3.05, 3.63) is 64.7 Å². The first kappa shape index (κ1) is 17.7. The van der Waals surface area contributed by atoms with Crippen molar-refractivity contribution in [2.75, 3.05) is 5.32 Å². The second-order valence-electron chi connectivity index (χ2n) is 7.02. The van der Waals surface area contributed by atoms with Crippen molar-refractivity contribution in [1.82, 2.24) is 5.32 Å². The standard InChI is InChI=1S/C20H24N2O2/c1-13-10-11-15(14(2)12-13)18(23)21-17-9-7-6-8-16(17)19(24)22-20(3,4)5/h6-12H,1-5H3,(H,21,23)(H,22,24). The van der Waals surface area contributed by atoms with Crippen LogP contribution in [0.2, 0.25) is 0 Å². The van der Waals surface area contributed by atoms with Gasteiger partial charge in [0.25, 0.3) is 11.8 Å². The summed E-state index contributed by atoms with van der Waals surface area (Å²) in [6.07, 6.45) is 0. The first-order valence-electron chi connectivity index (χ1n) is 7.97. The lowest BCUT2D eigenvalue weighted by Crippen LogP contribution is -2.40. The molecule has 0 saturated heterocycles. The average molecular weight is 324 g/mol. The van der Waals surface area contributed by atoms with Crippen LogP contribution >= 0.6 is 0 Å². The number of anilines is 1. The van der Waals surface area contributed by atoms with Gasteiger partial charge >= 0.3 is 0 Å². The van der Waals surface area contributed by atoms with Crippen molar-refractivity contribution in [3.8, 4) is 0 Å². The molecule has 0 aliphatic heterocycles. The fourth-order valence-electron chi connectivity index (χ4n) is 2.46. The fraction of sp³-hybridized carbons (Fsp3) is 0.300. The molecule has 0 bridgehead atoms. The third-order valence-electron chi connectivity index (χ3n) is 3.53. The maximum absolute atomic E-state index is 12.6. The van der Waals surface area contributed by atoms with Crippen LogP contribution in [0.15, 0.2) is 42.5 Å². The molecule has 0 aromatic heterocycles. The Morgan fingerprint density at radius 1 is 0.875 bits per heavy atom. The molecule has 2 aromatic rings. The van der Waals surface area contributed by atoms with Gasteiger partial charge in [-0.05, 0) is 58.4 Å². The molecular weight excluding hydrogens is 300 g/mol. The molecule has 0 atom stereocenters. The van der Waals surface area contributed by atoms with Gasteiger partial charge < -0.3 is 10.6 Å². The van der Waals surface area contributed by atoms with Gasteiger partial charge in [-0.3, -0.25) is 9.59 Å². The molecule has 0 saturated carbocycles. The highest BCUT2D eigenvalue weighted by atomic mass is 16.2. The molecule has 2 N–H and O–H groups in total. The summed E-state index contributed by atoms with van der Waals surface area (Å²) in [6.45, 7) is 9.65. The predicted octanol–water partition coefficient (Wildman–Crippen LogP) is 4.08. The number of aryl methyl sites for hydroxylation is 2. The number of rotatable bonds is 3. The summed E-state index contributed by atoms with van der Waals surface area (Å²) in [7, 11) is 0.